The van der Waals surface area contributed by atoms with Crippen LogP contribution in [0.1, 0.15) is 25.8 Å². The number of hydrogen-bond donors (Lipinski definition) is 1. The van der Waals surface area contributed by atoms with Gasteiger partial charge in [-0.25, -0.2) is 17.8 Å². The van der Waals surface area contributed by atoms with Gasteiger partial charge in [0, 0.05) is 18.9 Å². The van der Waals surface area contributed by atoms with Crippen molar-refractivity contribution in [3.63, 3.8) is 0 Å². The molecule has 0 saturated heterocycles. The summed E-state index contributed by atoms with van der Waals surface area (Å²) in [6, 6.07) is 9.82. The van der Waals surface area contributed by atoms with Gasteiger partial charge in [0.1, 0.15) is 0 Å². The van der Waals surface area contributed by atoms with Gasteiger partial charge >= 0.3 is 0 Å². The Bertz CT molecular complexity index is 649. The van der Waals surface area contributed by atoms with Gasteiger partial charge in [-0.3, -0.25) is 0 Å². The zero-order valence-corrected chi connectivity index (χ0v) is 13.2. The van der Waals surface area contributed by atoms with E-state index in [1.807, 2.05) is 43.5 Å². The van der Waals surface area contributed by atoms with Crippen molar-refractivity contribution < 1.29 is 8.42 Å². The zero-order valence-electron chi connectivity index (χ0n) is 12.4. The Labute approximate surface area is 126 Å². The molecular formula is C15H21N3O2S. The minimum Gasteiger partial charge on any atom is -0.241 e. The van der Waals surface area contributed by atoms with Gasteiger partial charge in [0.2, 0.25) is 10.0 Å². The minimum absolute atomic E-state index is 0.348. The summed E-state index contributed by atoms with van der Waals surface area (Å²) in [5, 5.41) is 3.82. The highest BCUT2D eigenvalue weighted by Crippen LogP contribution is 2.09. The summed E-state index contributed by atoms with van der Waals surface area (Å²) in [6.45, 7) is 4.02. The second-order valence-corrected chi connectivity index (χ2v) is 7.21. The molecule has 2 rings (SSSR count). The molecule has 1 N–H and O–H groups in total. The Morgan fingerprint density at radius 2 is 2.00 bits per heavy atom. The number of hydrogen-bond acceptors (Lipinski definition) is 3. The molecule has 0 fully saturated rings. The molecule has 114 valence electrons. The Morgan fingerprint density at radius 1 is 1.29 bits per heavy atom. The maximum Gasteiger partial charge on any atom is 0.214 e. The molecule has 1 atom stereocenters. The maximum atomic E-state index is 11.8. The summed E-state index contributed by atoms with van der Waals surface area (Å²) in [5.41, 5.74) is 2.08. The third kappa shape index (κ3) is 4.15. The number of benzene rings is 1. The molecule has 0 unspecified atom stereocenters. The van der Waals surface area contributed by atoms with Gasteiger partial charge in [-0.2, -0.15) is 5.10 Å². The molecule has 1 aromatic carbocycles. The maximum absolute atomic E-state index is 11.8. The highest BCUT2D eigenvalue weighted by molar-refractivity contribution is 7.90. The normalized spacial score (nSPS) is 13.2. The Kier molecular flexibility index (Phi) is 5.14. The summed E-state index contributed by atoms with van der Waals surface area (Å²) < 4.78 is 28.1. The highest BCUT2D eigenvalue weighted by Gasteiger charge is 2.17. The predicted molar refractivity (Wildman–Crippen MR) is 83.9 cm³/mol. The van der Waals surface area contributed by atoms with Gasteiger partial charge < -0.3 is 0 Å². The van der Waals surface area contributed by atoms with Gasteiger partial charge in [0.25, 0.3) is 0 Å². The summed E-state index contributed by atoms with van der Waals surface area (Å²) >= 11 is 0. The molecule has 0 aliphatic rings. The number of sulfonamides is 1. The van der Waals surface area contributed by atoms with Crippen LogP contribution in [0, 0.1) is 0 Å². The van der Waals surface area contributed by atoms with Crippen LogP contribution in [0.2, 0.25) is 0 Å². The largest absolute Gasteiger partial charge is 0.241 e. The lowest BCUT2D eigenvalue weighted by molar-refractivity contribution is 0.566. The van der Waals surface area contributed by atoms with Crippen LogP contribution in [-0.2, 0) is 16.4 Å². The van der Waals surface area contributed by atoms with Crippen molar-refractivity contribution >= 4 is 10.0 Å². The lowest BCUT2D eigenvalue weighted by Crippen LogP contribution is -2.33. The average molecular weight is 307 g/mol. The summed E-state index contributed by atoms with van der Waals surface area (Å²) in [6.07, 6.45) is 4.91. The second-order valence-electron chi connectivity index (χ2n) is 5.03. The molecule has 2 aromatic rings. The molecule has 21 heavy (non-hydrogen) atoms. The lowest BCUT2D eigenvalue weighted by Gasteiger charge is -2.12. The van der Waals surface area contributed by atoms with Crippen LogP contribution in [0.4, 0.5) is 0 Å². The monoisotopic (exact) mass is 307 g/mol. The van der Waals surface area contributed by atoms with Crippen molar-refractivity contribution in [2.45, 2.75) is 31.9 Å². The SMILES string of the molecule is CC[C@@H](C)S(=O)(=O)NCCc1ccc(-n2cccn2)cc1. The van der Waals surface area contributed by atoms with E-state index in [1.54, 1.807) is 17.8 Å². The molecule has 0 aliphatic carbocycles. The standard InChI is InChI=1S/C15H21N3O2S/c1-3-13(2)21(19,20)17-11-9-14-5-7-15(8-6-14)18-12-4-10-16-18/h4-8,10,12-13,17H,3,9,11H2,1-2H3/t13-/m1/s1. The predicted octanol–water partition coefficient (Wildman–Crippen LogP) is 2.13. The third-order valence-electron chi connectivity index (χ3n) is 3.53. The molecule has 5 nitrogen and oxygen atoms in total. The van der Waals surface area contributed by atoms with E-state index in [-0.39, 0.29) is 5.25 Å². The van der Waals surface area contributed by atoms with Crippen LogP contribution >= 0.6 is 0 Å². The Hall–Kier alpha value is -1.66. The molecule has 1 aromatic heterocycles. The highest BCUT2D eigenvalue weighted by atomic mass is 32.2. The van der Waals surface area contributed by atoms with E-state index in [9.17, 15) is 8.42 Å². The molecule has 0 saturated carbocycles. The first-order valence-corrected chi connectivity index (χ1v) is 8.65. The van der Waals surface area contributed by atoms with E-state index in [4.69, 9.17) is 0 Å². The van der Waals surface area contributed by atoms with Gasteiger partial charge in [-0.1, -0.05) is 19.1 Å². The minimum atomic E-state index is -3.19. The molecule has 0 aliphatic heterocycles. The van der Waals surface area contributed by atoms with Crippen LogP contribution in [0.3, 0.4) is 0 Å². The Balaban J connectivity index is 1.90. The third-order valence-corrected chi connectivity index (χ3v) is 5.53. The van der Waals surface area contributed by atoms with Gasteiger partial charge in [-0.15, -0.1) is 0 Å². The van der Waals surface area contributed by atoms with Crippen molar-refractivity contribution in [3.05, 3.63) is 48.3 Å². The van der Waals surface area contributed by atoms with E-state index < -0.39 is 10.0 Å². The number of nitrogens with zero attached hydrogens (tertiary/aromatic N) is 2. The van der Waals surface area contributed by atoms with Crippen molar-refractivity contribution in [1.29, 1.82) is 0 Å². The van der Waals surface area contributed by atoms with Crippen LogP contribution in [0.25, 0.3) is 5.69 Å². The summed E-state index contributed by atoms with van der Waals surface area (Å²) in [5.74, 6) is 0. The molecule has 0 bridgehead atoms. The fourth-order valence-electron chi connectivity index (χ4n) is 1.94. The van der Waals surface area contributed by atoms with E-state index in [1.165, 1.54) is 0 Å². The molecule has 0 radical (unpaired) electrons. The van der Waals surface area contributed by atoms with Crippen LogP contribution in [0.15, 0.2) is 42.7 Å². The Morgan fingerprint density at radius 3 is 2.57 bits per heavy atom. The first kappa shape index (κ1) is 15.7. The number of aromatic nitrogens is 2. The smallest absolute Gasteiger partial charge is 0.214 e. The lowest BCUT2D eigenvalue weighted by atomic mass is 10.1. The second kappa shape index (κ2) is 6.87. The van der Waals surface area contributed by atoms with E-state index in [0.29, 0.717) is 19.4 Å². The fourth-order valence-corrected chi connectivity index (χ4v) is 3.05. The van der Waals surface area contributed by atoms with Crippen molar-refractivity contribution in [2.24, 2.45) is 0 Å². The van der Waals surface area contributed by atoms with Gasteiger partial charge in [0.15, 0.2) is 0 Å². The summed E-state index contributed by atoms with van der Waals surface area (Å²) in [4.78, 5) is 0. The molecular weight excluding hydrogens is 286 g/mol. The quantitative estimate of drug-likeness (QED) is 0.852. The van der Waals surface area contributed by atoms with Crippen molar-refractivity contribution in [2.75, 3.05) is 6.54 Å². The topological polar surface area (TPSA) is 64.0 Å². The molecule has 0 spiro atoms. The van der Waals surface area contributed by atoms with Crippen molar-refractivity contribution in [1.82, 2.24) is 14.5 Å². The number of rotatable bonds is 7. The van der Waals surface area contributed by atoms with Crippen LogP contribution in [-0.4, -0.2) is 30.0 Å². The van der Waals surface area contributed by atoms with Gasteiger partial charge in [0.05, 0.1) is 10.9 Å². The molecule has 0 amide bonds. The summed E-state index contributed by atoms with van der Waals surface area (Å²) in [7, 11) is -3.19. The fraction of sp³-hybridized carbons (Fsp3) is 0.400. The van der Waals surface area contributed by atoms with E-state index in [2.05, 4.69) is 9.82 Å². The first-order chi connectivity index (χ1) is 10.0. The molecule has 6 heteroatoms. The van der Waals surface area contributed by atoms with Crippen LogP contribution in [0.5, 0.6) is 0 Å². The van der Waals surface area contributed by atoms with Gasteiger partial charge in [-0.05, 0) is 43.5 Å². The zero-order chi connectivity index (χ0) is 15.3. The molecule has 1 heterocycles. The number of nitrogens with one attached hydrogen (secondary N) is 1. The van der Waals surface area contributed by atoms with Crippen LogP contribution < -0.4 is 4.72 Å². The van der Waals surface area contributed by atoms with Crippen molar-refractivity contribution in [3.8, 4) is 5.69 Å². The first-order valence-electron chi connectivity index (χ1n) is 7.10. The van der Waals surface area contributed by atoms with E-state index >= 15 is 0 Å². The van der Waals surface area contributed by atoms with E-state index in [0.717, 1.165) is 11.3 Å². The average Bonchev–Trinajstić information content (AvgIpc) is 3.01.